The van der Waals surface area contributed by atoms with Crippen molar-refractivity contribution < 1.29 is 4.79 Å². The summed E-state index contributed by atoms with van der Waals surface area (Å²) in [4.78, 5) is 17.2. The molecule has 1 aromatic heterocycles. The van der Waals surface area contributed by atoms with Gasteiger partial charge in [0.1, 0.15) is 5.69 Å². The van der Waals surface area contributed by atoms with Crippen LogP contribution >= 0.6 is 0 Å². The molecule has 2 aromatic carbocycles. The number of carbonyl (C=O) groups excluding carboxylic acids is 1. The molecule has 3 aromatic rings. The van der Waals surface area contributed by atoms with E-state index >= 15 is 0 Å². The molecule has 0 aliphatic carbocycles. The average Bonchev–Trinajstić information content (AvgIpc) is 3.24. The van der Waals surface area contributed by atoms with Crippen molar-refractivity contribution in [3.8, 4) is 11.3 Å². The third-order valence-corrected chi connectivity index (χ3v) is 5.73. The minimum absolute atomic E-state index is 0.0224. The van der Waals surface area contributed by atoms with E-state index in [4.69, 9.17) is 0 Å². The second kappa shape index (κ2) is 8.11. The molecule has 0 unspecified atom stereocenters. The molecule has 1 saturated heterocycles. The van der Waals surface area contributed by atoms with Gasteiger partial charge in [0.05, 0.1) is 5.69 Å². The molecule has 5 heteroatoms. The summed E-state index contributed by atoms with van der Waals surface area (Å²) in [5.41, 5.74) is 7.52. The van der Waals surface area contributed by atoms with Crippen LogP contribution in [0.15, 0.2) is 48.5 Å². The van der Waals surface area contributed by atoms with Crippen LogP contribution in [-0.2, 0) is 6.42 Å². The highest BCUT2D eigenvalue weighted by atomic mass is 16.2. The van der Waals surface area contributed by atoms with Crippen LogP contribution in [0.2, 0.25) is 0 Å². The molecule has 0 radical (unpaired) electrons. The summed E-state index contributed by atoms with van der Waals surface area (Å²) in [6, 6.07) is 16.8. The summed E-state index contributed by atoms with van der Waals surface area (Å²) >= 11 is 0. The summed E-state index contributed by atoms with van der Waals surface area (Å²) in [5.74, 6) is 0.0224. The topological polar surface area (TPSA) is 52.2 Å². The van der Waals surface area contributed by atoms with Crippen molar-refractivity contribution in [2.24, 2.45) is 0 Å². The Balaban J connectivity index is 1.41. The fourth-order valence-corrected chi connectivity index (χ4v) is 3.97. The molecule has 1 fully saturated rings. The molecule has 150 valence electrons. The lowest BCUT2D eigenvalue weighted by molar-refractivity contribution is 0.0741. The van der Waals surface area contributed by atoms with Gasteiger partial charge in [0.2, 0.25) is 0 Å². The van der Waals surface area contributed by atoms with Crippen molar-refractivity contribution in [3.63, 3.8) is 0 Å². The minimum atomic E-state index is 0.0224. The molecule has 2 heterocycles. The van der Waals surface area contributed by atoms with Crippen molar-refractivity contribution in [1.29, 1.82) is 0 Å². The Hall–Kier alpha value is -3.08. The van der Waals surface area contributed by atoms with Crippen LogP contribution in [0.5, 0.6) is 0 Å². The van der Waals surface area contributed by atoms with Gasteiger partial charge in [-0.2, -0.15) is 5.10 Å². The number of aromatic nitrogens is 2. The van der Waals surface area contributed by atoms with Crippen LogP contribution in [0, 0.1) is 13.8 Å². The van der Waals surface area contributed by atoms with Gasteiger partial charge in [-0.1, -0.05) is 48.9 Å². The van der Waals surface area contributed by atoms with Gasteiger partial charge in [0.25, 0.3) is 5.91 Å². The average molecular weight is 389 g/mol. The second-order valence-corrected chi connectivity index (χ2v) is 7.79. The highest BCUT2D eigenvalue weighted by Gasteiger charge is 2.24. The van der Waals surface area contributed by atoms with E-state index in [1.54, 1.807) is 0 Å². The molecule has 1 aliphatic rings. The van der Waals surface area contributed by atoms with E-state index < -0.39 is 0 Å². The van der Waals surface area contributed by atoms with E-state index in [0.717, 1.165) is 30.8 Å². The summed E-state index contributed by atoms with van der Waals surface area (Å²) in [7, 11) is 0. The quantitative estimate of drug-likeness (QED) is 0.728. The molecule has 5 nitrogen and oxygen atoms in total. The largest absolute Gasteiger partial charge is 0.368 e. The molecule has 29 heavy (non-hydrogen) atoms. The van der Waals surface area contributed by atoms with Crippen LogP contribution in [0.25, 0.3) is 11.3 Å². The molecular weight excluding hydrogens is 360 g/mol. The van der Waals surface area contributed by atoms with Gasteiger partial charge in [-0.25, -0.2) is 0 Å². The molecule has 1 amide bonds. The minimum Gasteiger partial charge on any atom is -0.368 e. The van der Waals surface area contributed by atoms with Crippen molar-refractivity contribution in [1.82, 2.24) is 15.1 Å². The van der Waals surface area contributed by atoms with Gasteiger partial charge in [0, 0.05) is 37.4 Å². The van der Waals surface area contributed by atoms with E-state index in [2.05, 4.69) is 78.3 Å². The first-order valence-electron chi connectivity index (χ1n) is 10.3. The van der Waals surface area contributed by atoms with Crippen molar-refractivity contribution in [2.45, 2.75) is 27.2 Å². The number of hydrogen-bond acceptors (Lipinski definition) is 3. The highest BCUT2D eigenvalue weighted by molar-refractivity contribution is 5.93. The van der Waals surface area contributed by atoms with Gasteiger partial charge in [-0.3, -0.25) is 9.89 Å². The van der Waals surface area contributed by atoms with E-state index in [0.29, 0.717) is 18.8 Å². The van der Waals surface area contributed by atoms with E-state index in [-0.39, 0.29) is 5.91 Å². The maximum Gasteiger partial charge on any atom is 0.272 e. The summed E-state index contributed by atoms with van der Waals surface area (Å²) in [5, 5.41) is 7.29. The van der Waals surface area contributed by atoms with Gasteiger partial charge >= 0.3 is 0 Å². The van der Waals surface area contributed by atoms with Crippen LogP contribution in [-0.4, -0.2) is 47.2 Å². The summed E-state index contributed by atoms with van der Waals surface area (Å²) in [6.07, 6.45) is 1.01. The van der Waals surface area contributed by atoms with Gasteiger partial charge in [0.15, 0.2) is 0 Å². The van der Waals surface area contributed by atoms with Crippen molar-refractivity contribution >= 4 is 11.6 Å². The zero-order chi connectivity index (χ0) is 20.4. The Morgan fingerprint density at radius 3 is 2.38 bits per heavy atom. The SMILES string of the molecule is CCc1ccc(-c2cc(C(=O)N3CCN(c4ccc(C)cc4C)CC3)[nH]n2)cc1. The van der Waals surface area contributed by atoms with Crippen LogP contribution in [0.1, 0.15) is 34.1 Å². The molecule has 0 atom stereocenters. The summed E-state index contributed by atoms with van der Waals surface area (Å²) < 4.78 is 0. The number of hydrogen-bond donors (Lipinski definition) is 1. The Morgan fingerprint density at radius 2 is 1.72 bits per heavy atom. The number of nitrogens with one attached hydrogen (secondary N) is 1. The Morgan fingerprint density at radius 1 is 1.00 bits per heavy atom. The molecule has 0 saturated carbocycles. The first-order chi connectivity index (χ1) is 14.0. The first kappa shape index (κ1) is 19.2. The number of aryl methyl sites for hydroxylation is 3. The maximum absolute atomic E-state index is 12.9. The van der Waals surface area contributed by atoms with Crippen LogP contribution in [0.4, 0.5) is 5.69 Å². The normalized spacial score (nSPS) is 14.3. The maximum atomic E-state index is 12.9. The molecule has 1 aliphatic heterocycles. The summed E-state index contributed by atoms with van der Waals surface area (Å²) in [6.45, 7) is 9.52. The van der Waals surface area contributed by atoms with Crippen LogP contribution in [0.3, 0.4) is 0 Å². The number of carbonyl (C=O) groups is 1. The van der Waals surface area contributed by atoms with E-state index in [1.807, 2.05) is 11.0 Å². The van der Waals surface area contributed by atoms with Gasteiger partial charge in [-0.05, 0) is 43.5 Å². The number of benzene rings is 2. The Kier molecular flexibility index (Phi) is 5.38. The predicted molar refractivity (Wildman–Crippen MR) is 117 cm³/mol. The Labute approximate surface area is 172 Å². The molecule has 0 spiro atoms. The third-order valence-electron chi connectivity index (χ3n) is 5.73. The van der Waals surface area contributed by atoms with Gasteiger partial charge < -0.3 is 9.80 Å². The van der Waals surface area contributed by atoms with E-state index in [9.17, 15) is 4.79 Å². The Bertz CT molecular complexity index is 998. The number of nitrogens with zero attached hydrogens (tertiary/aromatic N) is 3. The van der Waals surface area contributed by atoms with Crippen LogP contribution < -0.4 is 4.90 Å². The molecule has 4 rings (SSSR count). The molecular formula is C24H28N4O. The lowest BCUT2D eigenvalue weighted by atomic mass is 10.1. The van der Waals surface area contributed by atoms with Crippen molar-refractivity contribution in [2.75, 3.05) is 31.1 Å². The molecule has 0 bridgehead atoms. The zero-order valence-electron chi connectivity index (χ0n) is 17.4. The highest BCUT2D eigenvalue weighted by Crippen LogP contribution is 2.23. The number of anilines is 1. The third kappa shape index (κ3) is 4.04. The number of amides is 1. The number of rotatable bonds is 4. The zero-order valence-corrected chi connectivity index (χ0v) is 17.4. The standard InChI is InChI=1S/C24H28N4O/c1-4-19-6-8-20(9-7-19)21-16-22(26-25-21)24(29)28-13-11-27(12-14-28)23-10-5-17(2)15-18(23)3/h5-10,15-16H,4,11-14H2,1-3H3,(H,25,26). The number of piperazine rings is 1. The lowest BCUT2D eigenvalue weighted by Crippen LogP contribution is -2.49. The lowest BCUT2D eigenvalue weighted by Gasteiger charge is -2.36. The number of aromatic amines is 1. The van der Waals surface area contributed by atoms with Gasteiger partial charge in [-0.15, -0.1) is 0 Å². The predicted octanol–water partition coefficient (Wildman–Crippen LogP) is 4.22. The molecule has 1 N–H and O–H groups in total. The second-order valence-electron chi connectivity index (χ2n) is 7.79. The fourth-order valence-electron chi connectivity index (χ4n) is 3.97. The van der Waals surface area contributed by atoms with Crippen molar-refractivity contribution in [3.05, 3.63) is 70.9 Å². The van der Waals surface area contributed by atoms with E-state index in [1.165, 1.54) is 22.4 Å². The monoisotopic (exact) mass is 388 g/mol. The number of H-pyrrole nitrogens is 1. The smallest absolute Gasteiger partial charge is 0.272 e. The fraction of sp³-hybridized carbons (Fsp3) is 0.333. The first-order valence-corrected chi connectivity index (χ1v) is 10.3.